The summed E-state index contributed by atoms with van der Waals surface area (Å²) >= 11 is 7.76. The minimum atomic E-state index is -0.178. The van der Waals surface area contributed by atoms with Crippen LogP contribution in [0.3, 0.4) is 0 Å². The fourth-order valence-corrected chi connectivity index (χ4v) is 3.27. The van der Waals surface area contributed by atoms with Crippen molar-refractivity contribution < 1.29 is 5.11 Å². The van der Waals surface area contributed by atoms with Crippen LogP contribution < -0.4 is 5.32 Å². The lowest BCUT2D eigenvalue weighted by Crippen LogP contribution is -2.49. The van der Waals surface area contributed by atoms with E-state index < -0.39 is 0 Å². The van der Waals surface area contributed by atoms with Gasteiger partial charge in [0, 0.05) is 21.5 Å². The summed E-state index contributed by atoms with van der Waals surface area (Å²) in [6.07, 6.45) is 2.03. The molecule has 108 valence electrons. The van der Waals surface area contributed by atoms with Gasteiger partial charge in [-0.2, -0.15) is 0 Å². The van der Waals surface area contributed by atoms with Gasteiger partial charge in [-0.3, -0.25) is 0 Å². The van der Waals surface area contributed by atoms with E-state index in [2.05, 4.69) is 32.2 Å². The fraction of sp³-hybridized carbons (Fsp3) is 0.600. The van der Waals surface area contributed by atoms with Crippen LogP contribution in [0.2, 0.25) is 5.02 Å². The van der Waals surface area contributed by atoms with Crippen LogP contribution in [0.25, 0.3) is 0 Å². The van der Waals surface area contributed by atoms with Gasteiger partial charge < -0.3 is 10.4 Å². The molecular weight excluding hydrogens is 278 g/mol. The second kappa shape index (κ2) is 8.15. The van der Waals surface area contributed by atoms with Crippen LogP contribution in [0.5, 0.6) is 0 Å². The standard InChI is InChI=1S/C15H24ClNOS/c1-12(2)17-15(3,11-18)8-5-9-19-14-7-4-6-13(16)10-14/h4,6-7,10,12,17-18H,5,8-9,11H2,1-3H3. The molecule has 0 saturated heterocycles. The van der Waals surface area contributed by atoms with Crippen LogP contribution in [-0.4, -0.2) is 29.0 Å². The number of thioether (sulfide) groups is 1. The van der Waals surface area contributed by atoms with Gasteiger partial charge in [0.2, 0.25) is 0 Å². The Morgan fingerprint density at radius 1 is 1.42 bits per heavy atom. The first-order valence-electron chi connectivity index (χ1n) is 6.72. The molecule has 1 rings (SSSR count). The Hall–Kier alpha value is -0.220. The molecule has 0 aliphatic carbocycles. The maximum atomic E-state index is 9.50. The third kappa shape index (κ3) is 6.66. The third-order valence-electron chi connectivity index (χ3n) is 2.92. The number of rotatable bonds is 8. The van der Waals surface area contributed by atoms with Gasteiger partial charge in [-0.15, -0.1) is 11.8 Å². The van der Waals surface area contributed by atoms with Crippen molar-refractivity contribution in [3.8, 4) is 0 Å². The monoisotopic (exact) mass is 301 g/mol. The number of benzene rings is 1. The zero-order chi connectivity index (χ0) is 14.3. The molecule has 2 N–H and O–H groups in total. The molecule has 0 spiro atoms. The topological polar surface area (TPSA) is 32.3 Å². The average molecular weight is 302 g/mol. The van der Waals surface area contributed by atoms with E-state index in [0.717, 1.165) is 23.6 Å². The Labute approximate surface area is 125 Å². The van der Waals surface area contributed by atoms with Crippen molar-refractivity contribution in [2.45, 2.75) is 50.1 Å². The Kier molecular flexibility index (Phi) is 7.22. The van der Waals surface area contributed by atoms with E-state index in [0.29, 0.717) is 6.04 Å². The summed E-state index contributed by atoms with van der Waals surface area (Å²) in [5.74, 6) is 1.04. The highest BCUT2D eigenvalue weighted by atomic mass is 35.5. The zero-order valence-electron chi connectivity index (χ0n) is 11.9. The van der Waals surface area contributed by atoms with Crippen molar-refractivity contribution in [3.05, 3.63) is 29.3 Å². The molecule has 1 unspecified atom stereocenters. The quantitative estimate of drug-likeness (QED) is 0.563. The summed E-state index contributed by atoms with van der Waals surface area (Å²) < 4.78 is 0. The van der Waals surface area contributed by atoms with Gasteiger partial charge in [-0.1, -0.05) is 31.5 Å². The van der Waals surface area contributed by atoms with E-state index in [1.165, 1.54) is 4.90 Å². The Balaban J connectivity index is 2.33. The summed E-state index contributed by atoms with van der Waals surface area (Å²) in [7, 11) is 0. The normalized spacial score (nSPS) is 14.6. The molecule has 0 fully saturated rings. The van der Waals surface area contributed by atoms with Gasteiger partial charge in [0.1, 0.15) is 0 Å². The highest BCUT2D eigenvalue weighted by Crippen LogP contribution is 2.24. The second-order valence-corrected chi connectivity index (χ2v) is 7.03. The van der Waals surface area contributed by atoms with Crippen molar-refractivity contribution in [3.63, 3.8) is 0 Å². The highest BCUT2D eigenvalue weighted by Gasteiger charge is 2.22. The van der Waals surface area contributed by atoms with Crippen molar-refractivity contribution in [1.82, 2.24) is 5.32 Å². The summed E-state index contributed by atoms with van der Waals surface area (Å²) in [6.45, 7) is 6.47. The molecule has 0 amide bonds. The molecule has 0 aliphatic rings. The van der Waals surface area contributed by atoms with Gasteiger partial charge in [0.15, 0.2) is 0 Å². The van der Waals surface area contributed by atoms with Crippen LogP contribution >= 0.6 is 23.4 Å². The summed E-state index contributed by atoms with van der Waals surface area (Å²) in [5.41, 5.74) is -0.178. The zero-order valence-corrected chi connectivity index (χ0v) is 13.5. The van der Waals surface area contributed by atoms with Crippen molar-refractivity contribution >= 4 is 23.4 Å². The first-order valence-corrected chi connectivity index (χ1v) is 8.08. The van der Waals surface area contributed by atoms with E-state index >= 15 is 0 Å². The predicted octanol–water partition coefficient (Wildman–Crippen LogP) is 3.96. The molecule has 0 saturated carbocycles. The smallest absolute Gasteiger partial charge is 0.0610 e. The molecule has 0 heterocycles. The minimum absolute atomic E-state index is 0.174. The number of nitrogens with one attached hydrogen (secondary N) is 1. The molecular formula is C15H24ClNOS. The Morgan fingerprint density at radius 2 is 2.16 bits per heavy atom. The van der Waals surface area contributed by atoms with Gasteiger partial charge in [-0.25, -0.2) is 0 Å². The summed E-state index contributed by atoms with van der Waals surface area (Å²) in [4.78, 5) is 1.20. The third-order valence-corrected chi connectivity index (χ3v) is 4.24. The number of aliphatic hydroxyl groups is 1. The molecule has 2 nitrogen and oxygen atoms in total. The van der Waals surface area contributed by atoms with Gasteiger partial charge in [-0.05, 0) is 43.7 Å². The highest BCUT2D eigenvalue weighted by molar-refractivity contribution is 7.99. The maximum absolute atomic E-state index is 9.50. The Bertz CT molecular complexity index is 386. The number of halogens is 1. The molecule has 1 atom stereocenters. The van der Waals surface area contributed by atoms with Crippen LogP contribution in [0.1, 0.15) is 33.6 Å². The first kappa shape index (κ1) is 16.8. The molecule has 0 bridgehead atoms. The molecule has 1 aromatic carbocycles. The lowest BCUT2D eigenvalue weighted by molar-refractivity contribution is 0.156. The van der Waals surface area contributed by atoms with E-state index in [4.69, 9.17) is 11.6 Å². The Morgan fingerprint density at radius 3 is 2.74 bits per heavy atom. The molecule has 0 radical (unpaired) electrons. The summed E-state index contributed by atoms with van der Waals surface area (Å²) in [5, 5.41) is 13.7. The SMILES string of the molecule is CC(C)NC(C)(CO)CCCSc1cccc(Cl)c1. The number of hydrogen-bond acceptors (Lipinski definition) is 3. The minimum Gasteiger partial charge on any atom is -0.394 e. The van der Waals surface area contributed by atoms with Crippen molar-refractivity contribution in [1.29, 1.82) is 0 Å². The first-order chi connectivity index (χ1) is 8.95. The van der Waals surface area contributed by atoms with Crippen LogP contribution in [0.15, 0.2) is 29.2 Å². The molecule has 0 aliphatic heterocycles. The van der Waals surface area contributed by atoms with Crippen LogP contribution in [-0.2, 0) is 0 Å². The largest absolute Gasteiger partial charge is 0.394 e. The maximum Gasteiger partial charge on any atom is 0.0610 e. The summed E-state index contributed by atoms with van der Waals surface area (Å²) in [6, 6.07) is 8.32. The second-order valence-electron chi connectivity index (χ2n) is 5.43. The van der Waals surface area contributed by atoms with E-state index in [1.807, 2.05) is 30.0 Å². The lowest BCUT2D eigenvalue weighted by atomic mass is 9.96. The van der Waals surface area contributed by atoms with E-state index in [9.17, 15) is 5.11 Å². The lowest BCUT2D eigenvalue weighted by Gasteiger charge is -2.31. The van der Waals surface area contributed by atoms with Gasteiger partial charge in [0.25, 0.3) is 0 Å². The van der Waals surface area contributed by atoms with Crippen molar-refractivity contribution in [2.75, 3.05) is 12.4 Å². The van der Waals surface area contributed by atoms with E-state index in [1.54, 1.807) is 0 Å². The van der Waals surface area contributed by atoms with E-state index in [-0.39, 0.29) is 12.1 Å². The predicted molar refractivity (Wildman–Crippen MR) is 85.2 cm³/mol. The fourth-order valence-electron chi connectivity index (χ4n) is 2.10. The van der Waals surface area contributed by atoms with Crippen LogP contribution in [0, 0.1) is 0 Å². The molecule has 19 heavy (non-hydrogen) atoms. The average Bonchev–Trinajstić information content (AvgIpc) is 2.34. The van der Waals surface area contributed by atoms with Crippen LogP contribution in [0.4, 0.5) is 0 Å². The van der Waals surface area contributed by atoms with Gasteiger partial charge >= 0.3 is 0 Å². The molecule has 1 aromatic rings. The number of hydrogen-bond donors (Lipinski definition) is 2. The molecule has 0 aromatic heterocycles. The van der Waals surface area contributed by atoms with Crippen molar-refractivity contribution in [2.24, 2.45) is 0 Å². The molecule has 4 heteroatoms. The van der Waals surface area contributed by atoms with Gasteiger partial charge in [0.05, 0.1) is 6.61 Å². The number of aliphatic hydroxyl groups excluding tert-OH is 1.